The summed E-state index contributed by atoms with van der Waals surface area (Å²) in [6.07, 6.45) is 2.39. The molecule has 0 saturated carbocycles. The van der Waals surface area contributed by atoms with E-state index in [0.717, 1.165) is 42.9 Å². The minimum absolute atomic E-state index is 0.0358. The van der Waals surface area contributed by atoms with Gasteiger partial charge in [-0.05, 0) is 50.1 Å². The Kier molecular flexibility index (Phi) is 5.44. The van der Waals surface area contributed by atoms with E-state index in [1.165, 1.54) is 4.80 Å². The predicted octanol–water partition coefficient (Wildman–Crippen LogP) is 2.83. The molecule has 1 saturated heterocycles. The Bertz CT molecular complexity index is 1020. The molecule has 1 fully saturated rings. The van der Waals surface area contributed by atoms with Crippen molar-refractivity contribution in [3.8, 4) is 17.1 Å². The lowest BCUT2D eigenvalue weighted by Gasteiger charge is -2.14. The second kappa shape index (κ2) is 8.16. The van der Waals surface area contributed by atoms with E-state index in [1.54, 1.807) is 7.11 Å². The lowest BCUT2D eigenvalue weighted by atomic mass is 10.1. The largest absolute Gasteiger partial charge is 0.497 e. The number of carbonyl (C=O) groups excluding carboxylic acids is 1. The standard InChI is InChI=1S/C21H25N5O3/c1-14-10-19(15(2)25(14)12-18-8-5-9-29-18)20(27)13-26-23-21(22-24-26)16-6-4-7-17(11-16)28-3/h4,6-7,10-11,18H,5,8-9,12-13H2,1-3H3/t18-/m1/s1. The summed E-state index contributed by atoms with van der Waals surface area (Å²) in [6, 6.07) is 9.37. The molecule has 3 aromatic rings. The van der Waals surface area contributed by atoms with E-state index in [1.807, 2.05) is 44.2 Å². The number of aryl methyl sites for hydroxylation is 1. The van der Waals surface area contributed by atoms with Crippen LogP contribution in [0.2, 0.25) is 0 Å². The molecule has 3 heterocycles. The number of Topliss-reactive ketones (excluding diaryl/α,β-unsaturated/α-hetero) is 1. The van der Waals surface area contributed by atoms with E-state index in [0.29, 0.717) is 17.1 Å². The highest BCUT2D eigenvalue weighted by Gasteiger charge is 2.21. The Morgan fingerprint density at radius 3 is 2.93 bits per heavy atom. The monoisotopic (exact) mass is 395 g/mol. The fraction of sp³-hybridized carbons (Fsp3) is 0.429. The topological polar surface area (TPSA) is 84.1 Å². The number of aromatic nitrogens is 5. The highest BCUT2D eigenvalue weighted by molar-refractivity contribution is 5.97. The second-order valence-electron chi connectivity index (χ2n) is 7.33. The van der Waals surface area contributed by atoms with Crippen LogP contribution < -0.4 is 4.74 Å². The summed E-state index contributed by atoms with van der Waals surface area (Å²) in [5.74, 6) is 1.14. The molecule has 8 nitrogen and oxygen atoms in total. The number of tetrazole rings is 1. The van der Waals surface area contributed by atoms with Gasteiger partial charge in [0.2, 0.25) is 5.82 Å². The SMILES string of the molecule is COc1cccc(-c2nnn(CC(=O)c3cc(C)n(C[C@H]4CCCO4)c3C)n2)c1. The highest BCUT2D eigenvalue weighted by atomic mass is 16.5. The Morgan fingerprint density at radius 1 is 1.31 bits per heavy atom. The molecule has 2 aromatic heterocycles. The van der Waals surface area contributed by atoms with Crippen LogP contribution in [0.3, 0.4) is 0 Å². The van der Waals surface area contributed by atoms with Gasteiger partial charge in [-0.25, -0.2) is 0 Å². The van der Waals surface area contributed by atoms with Crippen molar-refractivity contribution in [1.82, 2.24) is 24.8 Å². The molecule has 152 valence electrons. The average molecular weight is 395 g/mol. The molecule has 0 N–H and O–H groups in total. The molecule has 29 heavy (non-hydrogen) atoms. The van der Waals surface area contributed by atoms with Crippen LogP contribution in [0.25, 0.3) is 11.4 Å². The molecular formula is C21H25N5O3. The molecule has 0 spiro atoms. The second-order valence-corrected chi connectivity index (χ2v) is 7.33. The van der Waals surface area contributed by atoms with Crippen molar-refractivity contribution in [2.75, 3.05) is 13.7 Å². The average Bonchev–Trinajstić information content (AvgIpc) is 3.46. The number of hydrogen-bond donors (Lipinski definition) is 0. The molecule has 1 aliphatic rings. The Hall–Kier alpha value is -3.00. The van der Waals surface area contributed by atoms with E-state index < -0.39 is 0 Å². The molecule has 1 aromatic carbocycles. The lowest BCUT2D eigenvalue weighted by Crippen LogP contribution is -2.18. The third kappa shape index (κ3) is 4.07. The van der Waals surface area contributed by atoms with Gasteiger partial charge in [0.05, 0.1) is 13.2 Å². The van der Waals surface area contributed by atoms with Crippen molar-refractivity contribution >= 4 is 5.78 Å². The van der Waals surface area contributed by atoms with Crippen LogP contribution >= 0.6 is 0 Å². The quantitative estimate of drug-likeness (QED) is 0.572. The third-order valence-electron chi connectivity index (χ3n) is 5.35. The van der Waals surface area contributed by atoms with Gasteiger partial charge in [-0.2, -0.15) is 4.80 Å². The predicted molar refractivity (Wildman–Crippen MR) is 107 cm³/mol. The first-order chi connectivity index (χ1) is 14.0. The summed E-state index contributed by atoms with van der Waals surface area (Å²) in [4.78, 5) is 14.2. The normalized spacial score (nSPS) is 16.3. The number of rotatable bonds is 7. The Morgan fingerprint density at radius 2 is 2.17 bits per heavy atom. The van der Waals surface area contributed by atoms with Gasteiger partial charge < -0.3 is 14.0 Å². The number of hydrogen-bond acceptors (Lipinski definition) is 6. The summed E-state index contributed by atoms with van der Waals surface area (Å²) in [7, 11) is 1.61. The van der Waals surface area contributed by atoms with E-state index in [2.05, 4.69) is 20.0 Å². The summed E-state index contributed by atoms with van der Waals surface area (Å²) in [6.45, 7) is 5.65. The van der Waals surface area contributed by atoms with Gasteiger partial charge in [0, 0.05) is 35.7 Å². The summed E-state index contributed by atoms with van der Waals surface area (Å²) in [5.41, 5.74) is 3.50. The van der Waals surface area contributed by atoms with E-state index in [-0.39, 0.29) is 18.4 Å². The van der Waals surface area contributed by atoms with Gasteiger partial charge in [0.1, 0.15) is 12.3 Å². The molecule has 4 rings (SSSR count). The molecule has 0 aliphatic carbocycles. The zero-order valence-electron chi connectivity index (χ0n) is 17.0. The first-order valence-corrected chi connectivity index (χ1v) is 9.79. The molecular weight excluding hydrogens is 370 g/mol. The summed E-state index contributed by atoms with van der Waals surface area (Å²) >= 11 is 0. The number of ether oxygens (including phenoxy) is 2. The minimum atomic E-state index is -0.0358. The van der Waals surface area contributed by atoms with Crippen LogP contribution in [0.1, 0.15) is 34.6 Å². The molecule has 0 amide bonds. The molecule has 1 aliphatic heterocycles. The van der Waals surface area contributed by atoms with Gasteiger partial charge in [-0.15, -0.1) is 10.2 Å². The van der Waals surface area contributed by atoms with Crippen molar-refractivity contribution in [2.24, 2.45) is 0 Å². The molecule has 0 radical (unpaired) electrons. The molecule has 0 bridgehead atoms. The zero-order chi connectivity index (χ0) is 20.4. The first-order valence-electron chi connectivity index (χ1n) is 9.79. The van der Waals surface area contributed by atoms with Crippen LogP contribution in [-0.4, -0.2) is 50.4 Å². The molecule has 0 unspecified atom stereocenters. The van der Waals surface area contributed by atoms with E-state index in [4.69, 9.17) is 9.47 Å². The van der Waals surface area contributed by atoms with Crippen molar-refractivity contribution in [1.29, 1.82) is 0 Å². The van der Waals surface area contributed by atoms with E-state index in [9.17, 15) is 4.79 Å². The van der Waals surface area contributed by atoms with Crippen molar-refractivity contribution in [3.63, 3.8) is 0 Å². The van der Waals surface area contributed by atoms with Crippen molar-refractivity contribution in [2.45, 2.75) is 45.9 Å². The first kappa shape index (κ1) is 19.3. The van der Waals surface area contributed by atoms with Gasteiger partial charge >= 0.3 is 0 Å². The van der Waals surface area contributed by atoms with Gasteiger partial charge in [0.25, 0.3) is 0 Å². The maximum absolute atomic E-state index is 12.9. The molecule has 8 heteroatoms. The van der Waals surface area contributed by atoms with Crippen LogP contribution in [0.4, 0.5) is 0 Å². The fourth-order valence-corrected chi connectivity index (χ4v) is 3.76. The van der Waals surface area contributed by atoms with Gasteiger partial charge in [-0.3, -0.25) is 4.79 Å². The Balaban J connectivity index is 1.49. The van der Waals surface area contributed by atoms with Gasteiger partial charge in [-0.1, -0.05) is 12.1 Å². The third-order valence-corrected chi connectivity index (χ3v) is 5.35. The number of carbonyl (C=O) groups is 1. The number of nitrogens with zero attached hydrogens (tertiary/aromatic N) is 5. The van der Waals surface area contributed by atoms with Crippen LogP contribution in [-0.2, 0) is 17.8 Å². The lowest BCUT2D eigenvalue weighted by molar-refractivity contribution is 0.0943. The smallest absolute Gasteiger partial charge is 0.205 e. The Labute approximate surface area is 169 Å². The molecule has 1 atom stereocenters. The highest BCUT2D eigenvalue weighted by Crippen LogP contribution is 2.22. The van der Waals surface area contributed by atoms with Crippen LogP contribution in [0.5, 0.6) is 5.75 Å². The van der Waals surface area contributed by atoms with Crippen molar-refractivity contribution < 1.29 is 14.3 Å². The maximum atomic E-state index is 12.9. The zero-order valence-corrected chi connectivity index (χ0v) is 17.0. The van der Waals surface area contributed by atoms with Gasteiger partial charge in [0.15, 0.2) is 5.78 Å². The number of methoxy groups -OCH3 is 1. The minimum Gasteiger partial charge on any atom is -0.497 e. The number of ketones is 1. The van der Waals surface area contributed by atoms with Crippen molar-refractivity contribution in [3.05, 3.63) is 47.3 Å². The summed E-state index contributed by atoms with van der Waals surface area (Å²) in [5, 5.41) is 12.5. The van der Waals surface area contributed by atoms with Crippen LogP contribution in [0.15, 0.2) is 30.3 Å². The van der Waals surface area contributed by atoms with E-state index >= 15 is 0 Å². The fourth-order valence-electron chi connectivity index (χ4n) is 3.76. The van der Waals surface area contributed by atoms with Crippen LogP contribution in [0, 0.1) is 13.8 Å². The maximum Gasteiger partial charge on any atom is 0.205 e. The summed E-state index contributed by atoms with van der Waals surface area (Å²) < 4.78 is 13.1. The number of benzene rings is 1.